The maximum absolute atomic E-state index is 12.7. The van der Waals surface area contributed by atoms with E-state index in [1.807, 2.05) is 6.07 Å². The van der Waals surface area contributed by atoms with Gasteiger partial charge in [-0.1, -0.05) is 32.3 Å². The second-order valence-electron chi connectivity index (χ2n) is 6.44. The fourth-order valence-electron chi connectivity index (χ4n) is 3.31. The molecule has 1 aromatic carbocycles. The van der Waals surface area contributed by atoms with Crippen LogP contribution in [0.4, 0.5) is 0 Å². The van der Waals surface area contributed by atoms with Crippen LogP contribution in [0.2, 0.25) is 0 Å². The average Bonchev–Trinajstić information content (AvgIpc) is 2.64. The number of carbonyl (C=O) groups excluding carboxylic acids is 1. The SMILES string of the molecule is CCCNC(=O)C1(NCc2ccc(OC)c(SC)c2)CCCCC1. The van der Waals surface area contributed by atoms with Gasteiger partial charge in [0.25, 0.3) is 0 Å². The van der Waals surface area contributed by atoms with Gasteiger partial charge in [0.1, 0.15) is 5.75 Å². The summed E-state index contributed by atoms with van der Waals surface area (Å²) in [5, 5.41) is 6.68. The first-order chi connectivity index (χ1) is 11.6. The van der Waals surface area contributed by atoms with Gasteiger partial charge in [0.05, 0.1) is 12.6 Å². The number of carbonyl (C=O) groups is 1. The van der Waals surface area contributed by atoms with Crippen LogP contribution in [0.1, 0.15) is 51.0 Å². The van der Waals surface area contributed by atoms with E-state index in [1.54, 1.807) is 18.9 Å². The van der Waals surface area contributed by atoms with E-state index in [1.165, 1.54) is 12.0 Å². The summed E-state index contributed by atoms with van der Waals surface area (Å²) in [6.07, 6.45) is 8.33. The lowest BCUT2D eigenvalue weighted by molar-refractivity contribution is -0.129. The Morgan fingerprint density at radius 2 is 2.04 bits per heavy atom. The summed E-state index contributed by atoms with van der Waals surface area (Å²) in [5.41, 5.74) is 0.778. The maximum Gasteiger partial charge on any atom is 0.240 e. The Kier molecular flexibility index (Phi) is 7.43. The summed E-state index contributed by atoms with van der Waals surface area (Å²) in [6.45, 7) is 3.54. The molecule has 2 N–H and O–H groups in total. The van der Waals surface area contributed by atoms with Gasteiger partial charge in [0.15, 0.2) is 0 Å². The first-order valence-corrected chi connectivity index (χ1v) is 10.1. The van der Waals surface area contributed by atoms with Gasteiger partial charge in [-0.3, -0.25) is 10.1 Å². The summed E-state index contributed by atoms with van der Waals surface area (Å²) in [7, 11) is 1.70. The first-order valence-electron chi connectivity index (χ1n) is 8.89. The van der Waals surface area contributed by atoms with E-state index in [0.717, 1.165) is 49.3 Å². The number of hydrogen-bond donors (Lipinski definition) is 2. The smallest absolute Gasteiger partial charge is 0.240 e. The topological polar surface area (TPSA) is 50.4 Å². The molecule has 0 aromatic heterocycles. The predicted octanol–water partition coefficient (Wildman–Crippen LogP) is 3.74. The Morgan fingerprint density at radius 3 is 2.67 bits per heavy atom. The van der Waals surface area contributed by atoms with Crippen molar-refractivity contribution in [2.75, 3.05) is 19.9 Å². The molecule has 0 aliphatic heterocycles. The Morgan fingerprint density at radius 1 is 1.29 bits per heavy atom. The van der Waals surface area contributed by atoms with Crippen molar-refractivity contribution in [3.05, 3.63) is 23.8 Å². The minimum Gasteiger partial charge on any atom is -0.496 e. The van der Waals surface area contributed by atoms with Crippen molar-refractivity contribution in [3.8, 4) is 5.75 Å². The largest absolute Gasteiger partial charge is 0.496 e. The highest BCUT2D eigenvalue weighted by Crippen LogP contribution is 2.31. The van der Waals surface area contributed by atoms with Crippen LogP contribution >= 0.6 is 11.8 Å². The van der Waals surface area contributed by atoms with Gasteiger partial charge in [-0.25, -0.2) is 0 Å². The van der Waals surface area contributed by atoms with Gasteiger partial charge < -0.3 is 10.1 Å². The lowest BCUT2D eigenvalue weighted by Crippen LogP contribution is -2.57. The van der Waals surface area contributed by atoms with Crippen molar-refractivity contribution < 1.29 is 9.53 Å². The van der Waals surface area contributed by atoms with Crippen LogP contribution in [0.15, 0.2) is 23.1 Å². The third kappa shape index (κ3) is 4.67. The van der Waals surface area contributed by atoms with E-state index in [-0.39, 0.29) is 5.91 Å². The molecule has 0 spiro atoms. The number of thioether (sulfide) groups is 1. The highest BCUT2D eigenvalue weighted by Gasteiger charge is 2.38. The standard InChI is InChI=1S/C19H30N2O2S/c1-4-12-20-18(22)19(10-6-5-7-11-19)21-14-15-8-9-16(23-2)17(13-15)24-3/h8-9,13,21H,4-7,10-12,14H2,1-3H3,(H,20,22). The molecule has 0 radical (unpaired) electrons. The molecule has 0 unspecified atom stereocenters. The minimum absolute atomic E-state index is 0.169. The van der Waals surface area contributed by atoms with Crippen LogP contribution < -0.4 is 15.4 Å². The fourth-order valence-corrected chi connectivity index (χ4v) is 3.93. The van der Waals surface area contributed by atoms with Crippen LogP contribution in [0.25, 0.3) is 0 Å². The summed E-state index contributed by atoms with van der Waals surface area (Å²) in [5.74, 6) is 1.07. The quantitative estimate of drug-likeness (QED) is 0.701. The number of benzene rings is 1. The predicted molar refractivity (Wildman–Crippen MR) is 101 cm³/mol. The molecule has 24 heavy (non-hydrogen) atoms. The van der Waals surface area contributed by atoms with Gasteiger partial charge >= 0.3 is 0 Å². The second kappa shape index (κ2) is 9.33. The molecule has 0 saturated heterocycles. The van der Waals surface area contributed by atoms with Crippen molar-refractivity contribution in [3.63, 3.8) is 0 Å². The van der Waals surface area contributed by atoms with Crippen LogP contribution in [0, 0.1) is 0 Å². The molecular weight excluding hydrogens is 320 g/mol. The van der Waals surface area contributed by atoms with E-state index in [4.69, 9.17) is 4.74 Å². The van der Waals surface area contributed by atoms with Crippen molar-refractivity contribution in [1.82, 2.24) is 10.6 Å². The van der Waals surface area contributed by atoms with E-state index in [9.17, 15) is 4.79 Å². The fraction of sp³-hybridized carbons (Fsp3) is 0.632. The zero-order chi connectivity index (χ0) is 17.4. The molecule has 2 rings (SSSR count). The normalized spacial score (nSPS) is 16.6. The molecule has 5 heteroatoms. The molecule has 4 nitrogen and oxygen atoms in total. The van der Waals surface area contributed by atoms with Gasteiger partial charge in [-0.2, -0.15) is 0 Å². The van der Waals surface area contributed by atoms with Gasteiger partial charge in [0.2, 0.25) is 5.91 Å². The molecule has 1 aliphatic rings. The summed E-state index contributed by atoms with van der Waals surface area (Å²) >= 11 is 1.68. The highest BCUT2D eigenvalue weighted by molar-refractivity contribution is 7.98. The lowest BCUT2D eigenvalue weighted by Gasteiger charge is -2.37. The molecule has 134 valence electrons. The number of rotatable bonds is 8. The van der Waals surface area contributed by atoms with Gasteiger partial charge in [-0.15, -0.1) is 11.8 Å². The second-order valence-corrected chi connectivity index (χ2v) is 7.29. The van der Waals surface area contributed by atoms with E-state index < -0.39 is 5.54 Å². The number of nitrogens with one attached hydrogen (secondary N) is 2. The number of methoxy groups -OCH3 is 1. The van der Waals surface area contributed by atoms with E-state index in [0.29, 0.717) is 6.54 Å². The van der Waals surface area contributed by atoms with Crippen molar-refractivity contribution in [2.45, 2.75) is 62.4 Å². The van der Waals surface area contributed by atoms with Gasteiger partial charge in [-0.05, 0) is 43.2 Å². The summed E-state index contributed by atoms with van der Waals surface area (Å²) in [4.78, 5) is 13.9. The Bertz CT molecular complexity index is 542. The van der Waals surface area contributed by atoms with Crippen LogP contribution in [0.5, 0.6) is 5.75 Å². The summed E-state index contributed by atoms with van der Waals surface area (Å²) < 4.78 is 5.38. The highest BCUT2D eigenvalue weighted by atomic mass is 32.2. The minimum atomic E-state index is -0.410. The molecule has 0 atom stereocenters. The number of hydrogen-bond acceptors (Lipinski definition) is 4. The van der Waals surface area contributed by atoms with E-state index >= 15 is 0 Å². The molecule has 0 bridgehead atoms. The Hall–Kier alpha value is -1.20. The molecule has 1 aromatic rings. The molecule has 0 heterocycles. The van der Waals surface area contributed by atoms with Crippen LogP contribution in [0.3, 0.4) is 0 Å². The number of ether oxygens (including phenoxy) is 1. The van der Waals surface area contributed by atoms with Crippen molar-refractivity contribution in [1.29, 1.82) is 0 Å². The van der Waals surface area contributed by atoms with Crippen LogP contribution in [-0.2, 0) is 11.3 Å². The zero-order valence-electron chi connectivity index (χ0n) is 15.1. The zero-order valence-corrected chi connectivity index (χ0v) is 15.9. The van der Waals surface area contributed by atoms with Crippen molar-refractivity contribution >= 4 is 17.7 Å². The average molecular weight is 351 g/mol. The molecule has 1 aliphatic carbocycles. The monoisotopic (exact) mass is 350 g/mol. The molecular formula is C19H30N2O2S. The molecule has 1 saturated carbocycles. The van der Waals surface area contributed by atoms with Gasteiger partial charge in [0, 0.05) is 18.0 Å². The lowest BCUT2D eigenvalue weighted by atomic mass is 9.80. The maximum atomic E-state index is 12.7. The van der Waals surface area contributed by atoms with E-state index in [2.05, 4.69) is 35.9 Å². The van der Waals surface area contributed by atoms with Crippen molar-refractivity contribution in [2.24, 2.45) is 0 Å². The number of amides is 1. The Labute approximate surface area is 150 Å². The first kappa shape index (κ1) is 19.1. The molecule has 1 fully saturated rings. The summed E-state index contributed by atoms with van der Waals surface area (Å²) in [6, 6.07) is 6.23. The Balaban J connectivity index is 2.08. The molecule has 1 amide bonds. The third-order valence-corrected chi connectivity index (χ3v) is 5.52. The van der Waals surface area contributed by atoms with Crippen LogP contribution in [-0.4, -0.2) is 31.4 Å². The third-order valence-electron chi connectivity index (χ3n) is 4.76.